The van der Waals surface area contributed by atoms with Crippen LogP contribution in [0.5, 0.6) is 0 Å². The fraction of sp³-hybridized carbons (Fsp3) is 0.818. The van der Waals surface area contributed by atoms with Crippen molar-refractivity contribution in [2.45, 2.75) is 45.8 Å². The first-order chi connectivity index (χ1) is 7.70. The molecule has 1 fully saturated rings. The molecule has 2 N–H and O–H groups in total. The van der Waals surface area contributed by atoms with E-state index in [0.717, 1.165) is 44.2 Å². The van der Waals surface area contributed by atoms with Gasteiger partial charge < -0.3 is 10.3 Å². The molecule has 2 rings (SSSR count). The molecule has 2 heterocycles. The van der Waals surface area contributed by atoms with Gasteiger partial charge in [-0.2, -0.15) is 0 Å². The van der Waals surface area contributed by atoms with Gasteiger partial charge in [0.25, 0.3) is 0 Å². The summed E-state index contributed by atoms with van der Waals surface area (Å²) in [5.74, 6) is 2.06. The van der Waals surface area contributed by atoms with Crippen molar-refractivity contribution in [1.82, 2.24) is 19.7 Å². The molecule has 1 aromatic heterocycles. The molecule has 0 radical (unpaired) electrons. The first-order valence-corrected chi connectivity index (χ1v) is 6.07. The zero-order valence-corrected chi connectivity index (χ0v) is 10.2. The molecular weight excluding hydrogens is 202 g/mol. The molecular formula is C11H21N5. The van der Waals surface area contributed by atoms with Crippen LogP contribution in [0.1, 0.15) is 31.4 Å². The summed E-state index contributed by atoms with van der Waals surface area (Å²) in [6.45, 7) is 8.05. The molecule has 1 unspecified atom stereocenters. The maximum atomic E-state index is 5.97. The molecule has 0 aliphatic carbocycles. The minimum atomic E-state index is 0.327. The molecule has 0 aromatic carbocycles. The monoisotopic (exact) mass is 223 g/mol. The second-order valence-electron chi connectivity index (χ2n) is 4.55. The molecule has 0 bridgehead atoms. The lowest BCUT2D eigenvalue weighted by Crippen LogP contribution is -2.42. The summed E-state index contributed by atoms with van der Waals surface area (Å²) < 4.78 is 2.17. The van der Waals surface area contributed by atoms with Crippen LogP contribution in [0.2, 0.25) is 0 Å². The Morgan fingerprint density at radius 1 is 1.44 bits per heavy atom. The van der Waals surface area contributed by atoms with Gasteiger partial charge in [-0.1, -0.05) is 0 Å². The number of rotatable bonds is 3. The quantitative estimate of drug-likeness (QED) is 0.812. The van der Waals surface area contributed by atoms with Crippen molar-refractivity contribution >= 4 is 0 Å². The molecule has 0 amide bonds. The Bertz CT molecular complexity index is 346. The van der Waals surface area contributed by atoms with Gasteiger partial charge >= 0.3 is 0 Å². The zero-order valence-electron chi connectivity index (χ0n) is 10.2. The van der Waals surface area contributed by atoms with E-state index in [1.165, 1.54) is 6.42 Å². The number of aryl methyl sites for hydroxylation is 1. The number of piperidine rings is 1. The van der Waals surface area contributed by atoms with E-state index in [9.17, 15) is 0 Å². The minimum absolute atomic E-state index is 0.327. The van der Waals surface area contributed by atoms with Crippen LogP contribution in [0, 0.1) is 6.92 Å². The van der Waals surface area contributed by atoms with Gasteiger partial charge in [-0.15, -0.1) is 10.2 Å². The number of nitrogens with zero attached hydrogens (tertiary/aromatic N) is 4. The van der Waals surface area contributed by atoms with Crippen molar-refractivity contribution in [3.05, 3.63) is 11.6 Å². The lowest BCUT2D eigenvalue weighted by molar-refractivity contribution is 0.194. The second kappa shape index (κ2) is 4.93. The van der Waals surface area contributed by atoms with Gasteiger partial charge in [0, 0.05) is 19.1 Å². The van der Waals surface area contributed by atoms with Gasteiger partial charge in [-0.05, 0) is 33.2 Å². The van der Waals surface area contributed by atoms with Crippen molar-refractivity contribution < 1.29 is 0 Å². The van der Waals surface area contributed by atoms with Crippen LogP contribution in [-0.2, 0) is 13.1 Å². The highest BCUT2D eigenvalue weighted by Gasteiger charge is 2.19. The van der Waals surface area contributed by atoms with E-state index in [0.29, 0.717) is 6.04 Å². The van der Waals surface area contributed by atoms with Crippen molar-refractivity contribution in [3.8, 4) is 0 Å². The van der Waals surface area contributed by atoms with Gasteiger partial charge in [0.05, 0.1) is 6.54 Å². The fourth-order valence-corrected chi connectivity index (χ4v) is 2.39. The minimum Gasteiger partial charge on any atom is -0.327 e. The van der Waals surface area contributed by atoms with Crippen LogP contribution in [-0.4, -0.2) is 38.8 Å². The number of nitrogens with two attached hydrogens (primary N) is 1. The highest BCUT2D eigenvalue weighted by molar-refractivity contribution is 4.94. The van der Waals surface area contributed by atoms with Gasteiger partial charge in [0.15, 0.2) is 0 Å². The molecule has 5 nitrogen and oxygen atoms in total. The van der Waals surface area contributed by atoms with E-state index in [1.807, 2.05) is 6.92 Å². The van der Waals surface area contributed by atoms with E-state index in [2.05, 4.69) is 26.6 Å². The summed E-state index contributed by atoms with van der Waals surface area (Å²) in [5.41, 5.74) is 5.97. The zero-order chi connectivity index (χ0) is 11.5. The Balaban J connectivity index is 2.02. The van der Waals surface area contributed by atoms with Crippen LogP contribution in [0.15, 0.2) is 0 Å². The standard InChI is InChI=1S/C11H21N5/c1-3-16-9(2)13-14-11(16)8-15-6-4-5-10(12)7-15/h10H,3-8,12H2,1-2H3. The molecule has 1 atom stereocenters. The summed E-state index contributed by atoms with van der Waals surface area (Å²) in [6, 6.07) is 0.327. The van der Waals surface area contributed by atoms with Gasteiger partial charge in [-0.3, -0.25) is 4.90 Å². The molecule has 5 heteroatoms. The lowest BCUT2D eigenvalue weighted by atomic mass is 10.1. The fourth-order valence-electron chi connectivity index (χ4n) is 2.39. The molecule has 1 aliphatic heterocycles. The topological polar surface area (TPSA) is 60.0 Å². The number of aromatic nitrogens is 3. The molecule has 0 saturated carbocycles. The first kappa shape index (κ1) is 11.5. The maximum Gasteiger partial charge on any atom is 0.147 e. The predicted octanol–water partition coefficient (Wildman–Crippen LogP) is 0.530. The smallest absolute Gasteiger partial charge is 0.147 e. The summed E-state index contributed by atoms with van der Waals surface area (Å²) in [7, 11) is 0. The molecule has 1 aliphatic rings. The van der Waals surface area contributed by atoms with Crippen molar-refractivity contribution in [3.63, 3.8) is 0 Å². The molecule has 16 heavy (non-hydrogen) atoms. The van der Waals surface area contributed by atoms with Gasteiger partial charge in [0.2, 0.25) is 0 Å². The second-order valence-corrected chi connectivity index (χ2v) is 4.55. The summed E-state index contributed by atoms with van der Waals surface area (Å²) >= 11 is 0. The Hall–Kier alpha value is -0.940. The third-order valence-corrected chi connectivity index (χ3v) is 3.24. The average Bonchev–Trinajstić information content (AvgIpc) is 2.59. The van der Waals surface area contributed by atoms with Crippen molar-refractivity contribution in [2.75, 3.05) is 13.1 Å². The third kappa shape index (κ3) is 2.41. The van der Waals surface area contributed by atoms with Crippen molar-refractivity contribution in [1.29, 1.82) is 0 Å². The predicted molar refractivity (Wildman–Crippen MR) is 62.9 cm³/mol. The summed E-state index contributed by atoms with van der Waals surface area (Å²) in [5, 5.41) is 8.36. The van der Waals surface area contributed by atoms with Crippen LogP contribution in [0.3, 0.4) is 0 Å². The Morgan fingerprint density at radius 3 is 2.94 bits per heavy atom. The number of hydrogen-bond acceptors (Lipinski definition) is 4. The molecule has 1 aromatic rings. The Labute approximate surface area is 96.6 Å². The number of hydrogen-bond donors (Lipinski definition) is 1. The highest BCUT2D eigenvalue weighted by Crippen LogP contribution is 2.12. The maximum absolute atomic E-state index is 5.97. The van der Waals surface area contributed by atoms with Crippen LogP contribution in [0.25, 0.3) is 0 Å². The van der Waals surface area contributed by atoms with E-state index in [-0.39, 0.29) is 0 Å². The lowest BCUT2D eigenvalue weighted by Gasteiger charge is -2.30. The SMILES string of the molecule is CCn1c(C)nnc1CN1CCCC(N)C1. The van der Waals surface area contributed by atoms with E-state index in [1.54, 1.807) is 0 Å². The van der Waals surface area contributed by atoms with E-state index < -0.39 is 0 Å². The van der Waals surface area contributed by atoms with Crippen LogP contribution in [0.4, 0.5) is 0 Å². The van der Waals surface area contributed by atoms with Crippen molar-refractivity contribution in [2.24, 2.45) is 5.73 Å². The summed E-state index contributed by atoms with van der Waals surface area (Å²) in [4.78, 5) is 2.38. The summed E-state index contributed by atoms with van der Waals surface area (Å²) in [6.07, 6.45) is 2.34. The highest BCUT2D eigenvalue weighted by atomic mass is 15.3. The largest absolute Gasteiger partial charge is 0.327 e. The molecule has 90 valence electrons. The normalized spacial score (nSPS) is 22.6. The van der Waals surface area contributed by atoms with Gasteiger partial charge in [-0.25, -0.2) is 0 Å². The molecule has 1 saturated heterocycles. The Kier molecular flexibility index (Phi) is 3.56. The average molecular weight is 223 g/mol. The Morgan fingerprint density at radius 2 is 2.25 bits per heavy atom. The number of likely N-dealkylation sites (tertiary alicyclic amines) is 1. The van der Waals surface area contributed by atoms with Gasteiger partial charge in [0.1, 0.15) is 11.6 Å². The van der Waals surface area contributed by atoms with Crippen LogP contribution >= 0.6 is 0 Å². The molecule has 0 spiro atoms. The van der Waals surface area contributed by atoms with E-state index in [4.69, 9.17) is 5.73 Å². The third-order valence-electron chi connectivity index (χ3n) is 3.24. The van der Waals surface area contributed by atoms with Crippen LogP contribution < -0.4 is 5.73 Å². The first-order valence-electron chi connectivity index (χ1n) is 6.07. The van der Waals surface area contributed by atoms with E-state index >= 15 is 0 Å².